The lowest BCUT2D eigenvalue weighted by molar-refractivity contribution is 0.0450. The third-order valence-electron chi connectivity index (χ3n) is 4.65. The van der Waals surface area contributed by atoms with Crippen molar-refractivity contribution in [3.63, 3.8) is 0 Å². The number of esters is 1. The summed E-state index contributed by atoms with van der Waals surface area (Å²) in [5.74, 6) is -0.823. The number of carbonyl (C=O) groups is 3. The van der Waals surface area contributed by atoms with Crippen LogP contribution in [0.4, 0.5) is 0 Å². The van der Waals surface area contributed by atoms with E-state index in [-0.39, 0.29) is 46.3 Å². The molecule has 0 saturated heterocycles. The maximum absolute atomic E-state index is 12.9. The number of halogens is 2. The van der Waals surface area contributed by atoms with Crippen LogP contribution in [0.15, 0.2) is 60.7 Å². The van der Waals surface area contributed by atoms with Crippen molar-refractivity contribution in [2.45, 2.75) is 0 Å². The minimum Gasteiger partial charge on any atom is -0.490 e. The van der Waals surface area contributed by atoms with E-state index in [4.69, 9.17) is 32.7 Å². The van der Waals surface area contributed by atoms with Crippen LogP contribution < -0.4 is 4.74 Å². The van der Waals surface area contributed by atoms with Gasteiger partial charge in [0, 0.05) is 21.7 Å². The Hall–Kier alpha value is -3.15. The Morgan fingerprint density at radius 2 is 1.43 bits per heavy atom. The number of rotatable bonds is 5. The van der Waals surface area contributed by atoms with Crippen molar-refractivity contribution >= 4 is 40.7 Å². The van der Waals surface area contributed by atoms with E-state index in [1.165, 1.54) is 12.1 Å². The zero-order valence-corrected chi connectivity index (χ0v) is 17.0. The van der Waals surface area contributed by atoms with Gasteiger partial charge in [0.1, 0.15) is 19.0 Å². The highest BCUT2D eigenvalue weighted by Crippen LogP contribution is 2.34. The summed E-state index contributed by atoms with van der Waals surface area (Å²) in [6.07, 6.45) is 0. The molecule has 150 valence electrons. The molecule has 1 aliphatic carbocycles. The molecule has 30 heavy (non-hydrogen) atoms. The maximum atomic E-state index is 12.9. The maximum Gasteiger partial charge on any atom is 0.339 e. The van der Waals surface area contributed by atoms with Gasteiger partial charge in [-0.15, -0.1) is 0 Å². The highest BCUT2D eigenvalue weighted by atomic mass is 35.5. The van der Waals surface area contributed by atoms with Crippen LogP contribution >= 0.6 is 23.2 Å². The quantitative estimate of drug-likeness (QED) is 0.322. The van der Waals surface area contributed by atoms with Crippen molar-refractivity contribution in [2.24, 2.45) is 0 Å². The molecule has 4 rings (SSSR count). The normalized spacial score (nSPS) is 12.2. The lowest BCUT2D eigenvalue weighted by atomic mass is 9.83. The highest BCUT2D eigenvalue weighted by molar-refractivity contribution is 6.41. The number of benzene rings is 3. The van der Waals surface area contributed by atoms with Crippen LogP contribution in [-0.2, 0) is 4.74 Å². The van der Waals surface area contributed by atoms with Crippen molar-refractivity contribution in [3.8, 4) is 5.75 Å². The Bertz CT molecular complexity index is 1170. The van der Waals surface area contributed by atoms with Gasteiger partial charge in [0.25, 0.3) is 0 Å². The molecule has 0 unspecified atom stereocenters. The van der Waals surface area contributed by atoms with Crippen molar-refractivity contribution in [1.82, 2.24) is 0 Å². The third-order valence-corrected chi connectivity index (χ3v) is 5.29. The first-order valence-corrected chi connectivity index (χ1v) is 9.79. The average molecular weight is 441 g/mol. The molecule has 0 radical (unpaired) electrons. The van der Waals surface area contributed by atoms with Crippen LogP contribution in [0.3, 0.4) is 0 Å². The fourth-order valence-corrected chi connectivity index (χ4v) is 3.66. The molecular formula is C23H14Cl2O5. The van der Waals surface area contributed by atoms with Crippen LogP contribution in [0.25, 0.3) is 0 Å². The Kier molecular flexibility index (Phi) is 5.57. The Balaban J connectivity index is 1.49. The number of ether oxygens (including phenoxy) is 2. The average Bonchev–Trinajstić information content (AvgIpc) is 2.76. The van der Waals surface area contributed by atoms with E-state index in [2.05, 4.69) is 0 Å². The second kappa shape index (κ2) is 8.30. The molecule has 5 nitrogen and oxygen atoms in total. The molecule has 0 saturated carbocycles. The summed E-state index contributed by atoms with van der Waals surface area (Å²) in [7, 11) is 0. The first kappa shape index (κ1) is 20.1. The number of hydrogen-bond acceptors (Lipinski definition) is 5. The first-order chi connectivity index (χ1) is 14.5. The largest absolute Gasteiger partial charge is 0.490 e. The van der Waals surface area contributed by atoms with Gasteiger partial charge in [0.05, 0.1) is 16.1 Å². The van der Waals surface area contributed by atoms with Gasteiger partial charge in [-0.2, -0.15) is 0 Å². The van der Waals surface area contributed by atoms with Crippen LogP contribution in [0, 0.1) is 0 Å². The molecule has 0 heterocycles. The fraction of sp³-hybridized carbons (Fsp3) is 0.0870. The van der Waals surface area contributed by atoms with Crippen LogP contribution in [0.5, 0.6) is 5.75 Å². The molecule has 0 N–H and O–H groups in total. The van der Waals surface area contributed by atoms with Gasteiger partial charge in [-0.05, 0) is 36.4 Å². The van der Waals surface area contributed by atoms with E-state index >= 15 is 0 Å². The fourth-order valence-electron chi connectivity index (χ4n) is 3.21. The summed E-state index contributed by atoms with van der Waals surface area (Å²) in [5.41, 5.74) is 0.792. The Morgan fingerprint density at radius 1 is 0.767 bits per heavy atom. The molecule has 3 aromatic rings. The second-order valence-corrected chi connectivity index (χ2v) is 7.31. The summed E-state index contributed by atoms with van der Waals surface area (Å²) in [6, 6.07) is 16.1. The van der Waals surface area contributed by atoms with Gasteiger partial charge in [-0.1, -0.05) is 47.5 Å². The van der Waals surface area contributed by atoms with Crippen molar-refractivity contribution in [1.29, 1.82) is 0 Å². The molecule has 0 spiro atoms. The van der Waals surface area contributed by atoms with Gasteiger partial charge in [-0.3, -0.25) is 9.59 Å². The first-order valence-electron chi connectivity index (χ1n) is 9.04. The van der Waals surface area contributed by atoms with Gasteiger partial charge < -0.3 is 9.47 Å². The second-order valence-electron chi connectivity index (χ2n) is 6.49. The van der Waals surface area contributed by atoms with E-state index in [1.54, 1.807) is 48.5 Å². The van der Waals surface area contributed by atoms with Crippen molar-refractivity contribution < 1.29 is 23.9 Å². The standard InChI is InChI=1S/C23H14Cl2O5/c24-13-5-7-14(8-6-13)29-11-12-30-23(28)18-10-9-17-19(20(18)25)22(27)16-4-2-1-3-15(16)21(17)26/h1-10H,11-12H2. The van der Waals surface area contributed by atoms with E-state index in [1.807, 2.05) is 0 Å². The summed E-state index contributed by atoms with van der Waals surface area (Å²) < 4.78 is 10.7. The molecule has 0 aliphatic heterocycles. The zero-order chi connectivity index (χ0) is 21.3. The molecule has 0 atom stereocenters. The van der Waals surface area contributed by atoms with Crippen molar-refractivity contribution in [3.05, 3.63) is 98.5 Å². The number of hydrogen-bond donors (Lipinski definition) is 0. The molecule has 1 aliphatic rings. The van der Waals surface area contributed by atoms with Gasteiger partial charge in [-0.25, -0.2) is 4.79 Å². The van der Waals surface area contributed by atoms with Crippen LogP contribution in [-0.4, -0.2) is 30.7 Å². The number of fused-ring (bicyclic) bond motifs is 2. The zero-order valence-electron chi connectivity index (χ0n) is 15.5. The molecular weight excluding hydrogens is 427 g/mol. The van der Waals surface area contributed by atoms with Gasteiger partial charge in [0.15, 0.2) is 11.6 Å². The lowest BCUT2D eigenvalue weighted by Gasteiger charge is -2.19. The van der Waals surface area contributed by atoms with Crippen LogP contribution in [0.2, 0.25) is 10.0 Å². The summed E-state index contributed by atoms with van der Waals surface area (Å²) in [6.45, 7) is 0.102. The SMILES string of the molecule is O=C(OCCOc1ccc(Cl)cc1)c1ccc2c(c1Cl)C(=O)c1ccccc1C2=O. The minimum atomic E-state index is -0.707. The van der Waals surface area contributed by atoms with Gasteiger partial charge >= 0.3 is 5.97 Å². The predicted octanol–water partition coefficient (Wildman–Crippen LogP) is 5.00. The molecule has 0 bridgehead atoms. The van der Waals surface area contributed by atoms with E-state index in [9.17, 15) is 14.4 Å². The summed E-state index contributed by atoms with van der Waals surface area (Å²) in [4.78, 5) is 38.0. The van der Waals surface area contributed by atoms with Crippen molar-refractivity contribution in [2.75, 3.05) is 13.2 Å². The topological polar surface area (TPSA) is 69.7 Å². The molecule has 0 amide bonds. The van der Waals surface area contributed by atoms with Crippen LogP contribution in [0.1, 0.15) is 42.2 Å². The van der Waals surface area contributed by atoms with E-state index in [0.717, 1.165) is 0 Å². The molecule has 0 fully saturated rings. The third kappa shape index (κ3) is 3.70. The highest BCUT2D eigenvalue weighted by Gasteiger charge is 2.33. The number of carbonyl (C=O) groups excluding carboxylic acids is 3. The molecule has 0 aromatic heterocycles. The van der Waals surface area contributed by atoms with E-state index < -0.39 is 11.8 Å². The van der Waals surface area contributed by atoms with E-state index in [0.29, 0.717) is 16.3 Å². The summed E-state index contributed by atoms with van der Waals surface area (Å²) >= 11 is 12.2. The summed E-state index contributed by atoms with van der Waals surface area (Å²) in [5, 5.41) is 0.496. The Labute approximate surface area is 182 Å². The number of ketones is 2. The molecule has 3 aromatic carbocycles. The minimum absolute atomic E-state index is 0.0161. The van der Waals surface area contributed by atoms with Gasteiger partial charge in [0.2, 0.25) is 0 Å². The predicted molar refractivity (Wildman–Crippen MR) is 112 cm³/mol. The Morgan fingerprint density at radius 3 is 2.13 bits per heavy atom. The smallest absolute Gasteiger partial charge is 0.339 e. The lowest BCUT2D eigenvalue weighted by Crippen LogP contribution is -2.22. The monoisotopic (exact) mass is 440 g/mol. The molecule has 7 heteroatoms.